The summed E-state index contributed by atoms with van der Waals surface area (Å²) in [4.78, 5) is 16.0. The highest BCUT2D eigenvalue weighted by molar-refractivity contribution is 7.11. The van der Waals surface area contributed by atoms with Gasteiger partial charge in [0.2, 0.25) is 5.91 Å². The molecule has 15 heavy (non-hydrogen) atoms. The van der Waals surface area contributed by atoms with Crippen LogP contribution in [0, 0.1) is 12.8 Å². The highest BCUT2D eigenvalue weighted by Crippen LogP contribution is 2.22. The molecule has 2 rings (SSSR count). The third-order valence-corrected chi connectivity index (χ3v) is 3.84. The third-order valence-electron chi connectivity index (χ3n) is 2.85. The number of likely N-dealkylation sites (tertiary alicyclic amines) is 1. The summed E-state index contributed by atoms with van der Waals surface area (Å²) in [6.07, 6.45) is 0.916. The van der Waals surface area contributed by atoms with Crippen molar-refractivity contribution in [1.29, 1.82) is 0 Å². The number of aryl methyl sites for hydroxylation is 1. The number of nitrogens with two attached hydrogens (primary N) is 1. The van der Waals surface area contributed by atoms with Crippen LogP contribution in [0.4, 0.5) is 0 Å². The molecule has 0 radical (unpaired) electrons. The maximum Gasteiger partial charge on any atom is 0.221 e. The van der Waals surface area contributed by atoms with Gasteiger partial charge >= 0.3 is 0 Å². The molecule has 0 unspecified atom stereocenters. The maximum atomic E-state index is 11.0. The van der Waals surface area contributed by atoms with Gasteiger partial charge in [-0.1, -0.05) is 0 Å². The van der Waals surface area contributed by atoms with Gasteiger partial charge in [-0.2, -0.15) is 0 Å². The van der Waals surface area contributed by atoms with Gasteiger partial charge in [-0.25, -0.2) is 0 Å². The van der Waals surface area contributed by atoms with E-state index in [1.54, 1.807) is 0 Å². The Hall–Kier alpha value is -0.870. The lowest BCUT2D eigenvalue weighted by Crippen LogP contribution is -2.27. The van der Waals surface area contributed by atoms with Gasteiger partial charge < -0.3 is 5.73 Å². The van der Waals surface area contributed by atoms with Crippen LogP contribution in [0.25, 0.3) is 0 Å². The molecule has 0 aliphatic carbocycles. The smallest absolute Gasteiger partial charge is 0.221 e. The summed E-state index contributed by atoms with van der Waals surface area (Å²) in [5, 5.41) is 0. The van der Waals surface area contributed by atoms with Gasteiger partial charge in [-0.05, 0) is 32.0 Å². The molecule has 82 valence electrons. The van der Waals surface area contributed by atoms with Crippen LogP contribution in [0.1, 0.15) is 16.2 Å². The van der Waals surface area contributed by atoms with Crippen LogP contribution in [0.5, 0.6) is 0 Å². The fraction of sp³-hybridized carbons (Fsp3) is 0.545. The molecule has 2 N–H and O–H groups in total. The molecule has 0 spiro atoms. The molecule has 1 fully saturated rings. The van der Waals surface area contributed by atoms with Crippen molar-refractivity contribution in [2.24, 2.45) is 11.7 Å². The lowest BCUT2D eigenvalue weighted by molar-refractivity contribution is -0.121. The summed E-state index contributed by atoms with van der Waals surface area (Å²) in [6.45, 7) is 4.89. The lowest BCUT2D eigenvalue weighted by Gasteiger charge is -2.13. The molecule has 3 nitrogen and oxygen atoms in total. The molecule has 1 aromatic rings. The predicted molar refractivity (Wildman–Crippen MR) is 61.6 cm³/mol. The molecular formula is C11H16N2OS. The van der Waals surface area contributed by atoms with Gasteiger partial charge in [-0.3, -0.25) is 9.69 Å². The standard InChI is InChI=1S/C11H16N2OS/c1-8-2-3-10(15-8)7-13-5-4-9(6-13)11(12)14/h2-3,9H,4-7H2,1H3,(H2,12,14)/t9-/m1/s1. The zero-order valence-corrected chi connectivity index (χ0v) is 9.72. The Morgan fingerprint density at radius 3 is 3.00 bits per heavy atom. The molecule has 0 aromatic carbocycles. The van der Waals surface area contributed by atoms with Crippen LogP contribution in [0.2, 0.25) is 0 Å². The van der Waals surface area contributed by atoms with E-state index >= 15 is 0 Å². The van der Waals surface area contributed by atoms with Gasteiger partial charge in [0.25, 0.3) is 0 Å². The number of thiophene rings is 1. The number of carbonyl (C=O) groups excluding carboxylic acids is 1. The summed E-state index contributed by atoms with van der Waals surface area (Å²) in [6, 6.07) is 4.30. The number of rotatable bonds is 3. The van der Waals surface area contributed by atoms with E-state index in [0.29, 0.717) is 0 Å². The largest absolute Gasteiger partial charge is 0.369 e. The van der Waals surface area contributed by atoms with Crippen molar-refractivity contribution in [2.75, 3.05) is 13.1 Å². The molecule has 1 aliphatic rings. The van der Waals surface area contributed by atoms with E-state index in [4.69, 9.17) is 5.73 Å². The number of carbonyl (C=O) groups is 1. The Bertz CT molecular complexity index is 361. The van der Waals surface area contributed by atoms with E-state index in [1.165, 1.54) is 9.75 Å². The highest BCUT2D eigenvalue weighted by atomic mass is 32.1. The molecule has 2 heterocycles. The van der Waals surface area contributed by atoms with Gasteiger partial charge in [-0.15, -0.1) is 11.3 Å². The first-order valence-electron chi connectivity index (χ1n) is 5.22. The van der Waals surface area contributed by atoms with Gasteiger partial charge in [0.1, 0.15) is 0 Å². The second-order valence-electron chi connectivity index (χ2n) is 4.14. The number of hydrogen-bond acceptors (Lipinski definition) is 3. The third kappa shape index (κ3) is 2.58. The SMILES string of the molecule is Cc1ccc(CN2CC[C@@H](C(N)=O)C2)s1. The van der Waals surface area contributed by atoms with Crippen LogP contribution >= 0.6 is 11.3 Å². The summed E-state index contributed by atoms with van der Waals surface area (Å²) in [5.41, 5.74) is 5.29. The minimum absolute atomic E-state index is 0.0612. The molecule has 1 aromatic heterocycles. The maximum absolute atomic E-state index is 11.0. The van der Waals surface area contributed by atoms with Crippen LogP contribution in [-0.2, 0) is 11.3 Å². The Morgan fingerprint density at radius 2 is 2.47 bits per heavy atom. The van der Waals surface area contributed by atoms with Crippen molar-refractivity contribution in [3.63, 3.8) is 0 Å². The molecule has 4 heteroatoms. The van der Waals surface area contributed by atoms with Crippen LogP contribution in [0.3, 0.4) is 0 Å². The second-order valence-corrected chi connectivity index (χ2v) is 5.51. The molecule has 1 amide bonds. The zero-order valence-electron chi connectivity index (χ0n) is 8.90. The lowest BCUT2D eigenvalue weighted by atomic mass is 10.1. The van der Waals surface area contributed by atoms with Crippen molar-refractivity contribution in [3.8, 4) is 0 Å². The van der Waals surface area contributed by atoms with Crippen molar-refractivity contribution in [3.05, 3.63) is 21.9 Å². The summed E-state index contributed by atoms with van der Waals surface area (Å²) in [5.74, 6) is -0.0917. The Morgan fingerprint density at radius 1 is 1.67 bits per heavy atom. The minimum atomic E-state index is -0.153. The fourth-order valence-electron chi connectivity index (χ4n) is 2.00. The second kappa shape index (κ2) is 4.33. The van der Waals surface area contributed by atoms with Gasteiger partial charge in [0.05, 0.1) is 5.92 Å². The normalized spacial score (nSPS) is 22.1. The number of nitrogens with zero attached hydrogens (tertiary/aromatic N) is 1. The number of hydrogen-bond donors (Lipinski definition) is 1. The first kappa shape index (κ1) is 10.6. The summed E-state index contributed by atoms with van der Waals surface area (Å²) < 4.78 is 0. The fourth-order valence-corrected chi connectivity index (χ4v) is 2.93. The van der Waals surface area contributed by atoms with Crippen molar-refractivity contribution in [1.82, 2.24) is 4.90 Å². The first-order valence-corrected chi connectivity index (χ1v) is 6.04. The average Bonchev–Trinajstić information content (AvgIpc) is 2.76. The number of primary amides is 1. The van der Waals surface area contributed by atoms with Crippen molar-refractivity contribution < 1.29 is 4.79 Å². The van der Waals surface area contributed by atoms with Crippen LogP contribution in [-0.4, -0.2) is 23.9 Å². The van der Waals surface area contributed by atoms with Crippen molar-refractivity contribution in [2.45, 2.75) is 19.9 Å². The summed E-state index contributed by atoms with van der Waals surface area (Å²) in [7, 11) is 0. The number of amides is 1. The molecule has 0 saturated carbocycles. The first-order chi connectivity index (χ1) is 7.15. The van der Waals surface area contributed by atoms with E-state index in [2.05, 4.69) is 24.0 Å². The average molecular weight is 224 g/mol. The van der Waals surface area contributed by atoms with E-state index in [-0.39, 0.29) is 11.8 Å². The van der Waals surface area contributed by atoms with Gasteiger partial charge in [0, 0.05) is 22.8 Å². The Labute approximate surface area is 93.9 Å². The van der Waals surface area contributed by atoms with Crippen LogP contribution < -0.4 is 5.73 Å². The molecule has 0 bridgehead atoms. The monoisotopic (exact) mass is 224 g/mol. The van der Waals surface area contributed by atoms with Crippen molar-refractivity contribution >= 4 is 17.2 Å². The Balaban J connectivity index is 1.90. The Kier molecular flexibility index (Phi) is 3.07. The molecular weight excluding hydrogens is 208 g/mol. The van der Waals surface area contributed by atoms with E-state index in [0.717, 1.165) is 26.1 Å². The van der Waals surface area contributed by atoms with E-state index < -0.39 is 0 Å². The molecule has 1 atom stereocenters. The quantitative estimate of drug-likeness (QED) is 0.842. The minimum Gasteiger partial charge on any atom is -0.369 e. The highest BCUT2D eigenvalue weighted by Gasteiger charge is 2.26. The summed E-state index contributed by atoms with van der Waals surface area (Å²) >= 11 is 1.83. The van der Waals surface area contributed by atoms with Gasteiger partial charge in [0.15, 0.2) is 0 Å². The predicted octanol–water partition coefficient (Wildman–Crippen LogP) is 1.36. The van der Waals surface area contributed by atoms with E-state index in [9.17, 15) is 4.79 Å². The topological polar surface area (TPSA) is 46.3 Å². The van der Waals surface area contributed by atoms with Crippen LogP contribution in [0.15, 0.2) is 12.1 Å². The van der Waals surface area contributed by atoms with E-state index in [1.807, 2.05) is 11.3 Å². The molecule has 1 aliphatic heterocycles. The zero-order chi connectivity index (χ0) is 10.8. The molecule has 1 saturated heterocycles.